The standard InChI is InChI=1S/C23H39N3O5/c1-5-6-8-11-25-20(29)18-23-14-15(2)22(3,31-23)16(19(28)24-4)17(23)21(30)26(18)12-9-7-10-13-27/h15-18,27H,5-14H2,1-4H3,(H,24,28)(H,25,29)/t15?,16-,17+,18?,22+,23?/m1/s1. The Balaban J connectivity index is 1.91. The van der Waals surface area contributed by atoms with Crippen molar-refractivity contribution in [3.63, 3.8) is 0 Å². The Morgan fingerprint density at radius 1 is 1.19 bits per heavy atom. The zero-order chi connectivity index (χ0) is 22.8. The molecular formula is C23H39N3O5. The van der Waals surface area contributed by atoms with E-state index in [1.54, 1.807) is 11.9 Å². The minimum atomic E-state index is -0.964. The second-order valence-corrected chi connectivity index (χ2v) is 9.63. The molecule has 176 valence electrons. The molecule has 0 radical (unpaired) electrons. The van der Waals surface area contributed by atoms with Gasteiger partial charge in [-0.15, -0.1) is 0 Å². The van der Waals surface area contributed by atoms with Crippen LogP contribution in [0.15, 0.2) is 0 Å². The van der Waals surface area contributed by atoms with Gasteiger partial charge < -0.3 is 25.4 Å². The molecule has 6 atom stereocenters. The van der Waals surface area contributed by atoms with Crippen LogP contribution in [0.1, 0.15) is 65.7 Å². The lowest BCUT2D eigenvalue weighted by atomic mass is 9.62. The van der Waals surface area contributed by atoms with E-state index in [0.717, 1.165) is 25.7 Å². The SMILES string of the molecule is CCCCCNC(=O)C1N(CCCCCO)C(=O)[C@@H]2[C@H](C(=O)NC)[C@@]3(C)OC12CC3C. The first-order valence-electron chi connectivity index (χ1n) is 11.9. The number of amides is 3. The molecule has 0 saturated carbocycles. The Morgan fingerprint density at radius 2 is 1.94 bits per heavy atom. The third kappa shape index (κ3) is 3.86. The highest BCUT2D eigenvalue weighted by molar-refractivity contribution is 5.99. The molecule has 3 aliphatic rings. The van der Waals surface area contributed by atoms with E-state index in [4.69, 9.17) is 9.84 Å². The molecule has 3 heterocycles. The maximum atomic E-state index is 13.6. The third-order valence-corrected chi connectivity index (χ3v) is 7.73. The fraction of sp³-hybridized carbons (Fsp3) is 0.870. The molecule has 2 bridgehead atoms. The molecule has 3 amide bonds. The Bertz CT molecular complexity index is 701. The molecule has 0 aromatic rings. The van der Waals surface area contributed by atoms with Crippen molar-refractivity contribution >= 4 is 17.7 Å². The highest BCUT2D eigenvalue weighted by Crippen LogP contribution is 2.65. The molecule has 1 spiro atoms. The summed E-state index contributed by atoms with van der Waals surface area (Å²) >= 11 is 0. The van der Waals surface area contributed by atoms with Crippen LogP contribution in [-0.4, -0.2) is 71.7 Å². The number of carbonyl (C=O) groups excluding carboxylic acids is 3. The third-order valence-electron chi connectivity index (χ3n) is 7.73. The van der Waals surface area contributed by atoms with E-state index < -0.39 is 29.1 Å². The van der Waals surface area contributed by atoms with Crippen LogP contribution < -0.4 is 10.6 Å². The number of unbranched alkanes of at least 4 members (excludes halogenated alkanes) is 4. The maximum Gasteiger partial charge on any atom is 0.245 e. The van der Waals surface area contributed by atoms with Crippen molar-refractivity contribution in [2.45, 2.75) is 83.0 Å². The molecule has 8 heteroatoms. The van der Waals surface area contributed by atoms with E-state index in [-0.39, 0.29) is 30.2 Å². The smallest absolute Gasteiger partial charge is 0.245 e. The van der Waals surface area contributed by atoms with Crippen LogP contribution in [0.25, 0.3) is 0 Å². The number of ether oxygens (including phenoxy) is 1. The normalized spacial score (nSPS) is 36.0. The summed E-state index contributed by atoms with van der Waals surface area (Å²) in [7, 11) is 1.58. The first-order chi connectivity index (χ1) is 14.8. The van der Waals surface area contributed by atoms with E-state index in [0.29, 0.717) is 32.4 Å². The second kappa shape index (κ2) is 9.45. The summed E-state index contributed by atoms with van der Waals surface area (Å²) in [5, 5.41) is 14.8. The molecule has 3 aliphatic heterocycles. The number of rotatable bonds is 11. The Kier molecular flexibility index (Phi) is 7.31. The number of hydrogen-bond donors (Lipinski definition) is 3. The van der Waals surface area contributed by atoms with Crippen LogP contribution >= 0.6 is 0 Å². The molecule has 0 aromatic carbocycles. The van der Waals surface area contributed by atoms with Crippen molar-refractivity contribution in [2.75, 3.05) is 26.7 Å². The van der Waals surface area contributed by atoms with Crippen LogP contribution in [0.3, 0.4) is 0 Å². The van der Waals surface area contributed by atoms with Gasteiger partial charge in [-0.1, -0.05) is 26.7 Å². The van der Waals surface area contributed by atoms with E-state index in [1.165, 1.54) is 0 Å². The lowest BCUT2D eigenvalue weighted by molar-refractivity contribution is -0.147. The monoisotopic (exact) mass is 437 g/mol. The molecule has 3 rings (SSSR count). The highest BCUT2D eigenvalue weighted by atomic mass is 16.5. The van der Waals surface area contributed by atoms with Crippen LogP contribution in [0.5, 0.6) is 0 Å². The molecule has 8 nitrogen and oxygen atoms in total. The van der Waals surface area contributed by atoms with Crippen molar-refractivity contribution in [3.05, 3.63) is 0 Å². The van der Waals surface area contributed by atoms with Crippen LogP contribution in [-0.2, 0) is 19.1 Å². The Labute approximate surface area is 185 Å². The van der Waals surface area contributed by atoms with Gasteiger partial charge in [0.15, 0.2) is 0 Å². The van der Waals surface area contributed by atoms with Gasteiger partial charge in [0.25, 0.3) is 0 Å². The Morgan fingerprint density at radius 3 is 2.58 bits per heavy atom. The van der Waals surface area contributed by atoms with Gasteiger partial charge in [0.1, 0.15) is 11.6 Å². The van der Waals surface area contributed by atoms with Crippen LogP contribution in [0, 0.1) is 17.8 Å². The number of nitrogens with zero attached hydrogens (tertiary/aromatic N) is 1. The quantitative estimate of drug-likeness (QED) is 0.421. The van der Waals surface area contributed by atoms with Gasteiger partial charge in [0.05, 0.1) is 17.4 Å². The average Bonchev–Trinajstić information content (AvgIpc) is 3.25. The molecule has 3 N–H and O–H groups in total. The van der Waals surface area contributed by atoms with Gasteiger partial charge in [0, 0.05) is 26.7 Å². The maximum absolute atomic E-state index is 13.6. The number of aliphatic hydroxyl groups excluding tert-OH is 1. The predicted molar refractivity (Wildman–Crippen MR) is 116 cm³/mol. The van der Waals surface area contributed by atoms with E-state index in [2.05, 4.69) is 17.6 Å². The van der Waals surface area contributed by atoms with Crippen molar-refractivity contribution in [3.8, 4) is 0 Å². The van der Waals surface area contributed by atoms with Gasteiger partial charge >= 0.3 is 0 Å². The highest BCUT2D eigenvalue weighted by Gasteiger charge is 2.79. The lowest BCUT2D eigenvalue weighted by Crippen LogP contribution is -2.56. The van der Waals surface area contributed by atoms with Gasteiger partial charge in [-0.3, -0.25) is 14.4 Å². The topological polar surface area (TPSA) is 108 Å². The number of likely N-dealkylation sites (tertiary alicyclic amines) is 1. The van der Waals surface area contributed by atoms with Crippen LogP contribution in [0.4, 0.5) is 0 Å². The van der Waals surface area contributed by atoms with Gasteiger partial charge in [-0.2, -0.15) is 0 Å². The van der Waals surface area contributed by atoms with Gasteiger partial charge in [0.2, 0.25) is 17.7 Å². The van der Waals surface area contributed by atoms with Crippen molar-refractivity contribution in [1.82, 2.24) is 15.5 Å². The van der Waals surface area contributed by atoms with Crippen LogP contribution in [0.2, 0.25) is 0 Å². The molecule has 3 unspecified atom stereocenters. The molecule has 0 aliphatic carbocycles. The molecule has 3 fully saturated rings. The van der Waals surface area contributed by atoms with E-state index in [1.807, 2.05) is 13.8 Å². The van der Waals surface area contributed by atoms with E-state index >= 15 is 0 Å². The summed E-state index contributed by atoms with van der Waals surface area (Å²) in [6.45, 7) is 7.19. The summed E-state index contributed by atoms with van der Waals surface area (Å²) in [5.41, 5.74) is -1.72. The number of carbonyl (C=O) groups is 3. The largest absolute Gasteiger partial charge is 0.396 e. The van der Waals surface area contributed by atoms with Gasteiger partial charge in [-0.25, -0.2) is 0 Å². The molecule has 31 heavy (non-hydrogen) atoms. The van der Waals surface area contributed by atoms with E-state index in [9.17, 15) is 14.4 Å². The van der Waals surface area contributed by atoms with Crippen molar-refractivity contribution < 1.29 is 24.2 Å². The summed E-state index contributed by atoms with van der Waals surface area (Å²) in [5.74, 6) is -1.71. The number of nitrogens with one attached hydrogen (secondary N) is 2. The average molecular weight is 438 g/mol. The Hall–Kier alpha value is -1.67. The molecular weight excluding hydrogens is 398 g/mol. The lowest BCUT2D eigenvalue weighted by Gasteiger charge is -2.36. The summed E-state index contributed by atoms with van der Waals surface area (Å²) in [6.07, 6.45) is 5.72. The number of fused-ring (bicyclic) bond motifs is 1. The first kappa shape index (κ1) is 24.0. The zero-order valence-electron chi connectivity index (χ0n) is 19.4. The minimum Gasteiger partial charge on any atom is -0.396 e. The molecule has 0 aromatic heterocycles. The predicted octanol–water partition coefficient (Wildman–Crippen LogP) is 1.21. The van der Waals surface area contributed by atoms with Gasteiger partial charge in [-0.05, 0) is 44.9 Å². The fourth-order valence-electron chi connectivity index (χ4n) is 6.09. The number of hydrogen-bond acceptors (Lipinski definition) is 5. The second-order valence-electron chi connectivity index (χ2n) is 9.63. The first-order valence-corrected chi connectivity index (χ1v) is 11.9. The summed E-state index contributed by atoms with van der Waals surface area (Å²) in [4.78, 5) is 41.6. The summed E-state index contributed by atoms with van der Waals surface area (Å²) < 4.78 is 6.58. The van der Waals surface area contributed by atoms with Crippen molar-refractivity contribution in [1.29, 1.82) is 0 Å². The van der Waals surface area contributed by atoms with Crippen molar-refractivity contribution in [2.24, 2.45) is 17.8 Å². The minimum absolute atomic E-state index is 0.0589. The number of aliphatic hydroxyl groups is 1. The fourth-order valence-corrected chi connectivity index (χ4v) is 6.09. The zero-order valence-corrected chi connectivity index (χ0v) is 19.4. The molecule has 3 saturated heterocycles. The summed E-state index contributed by atoms with van der Waals surface area (Å²) in [6, 6.07) is -0.723.